The van der Waals surface area contributed by atoms with Gasteiger partial charge in [-0.2, -0.15) is 0 Å². The lowest BCUT2D eigenvalue weighted by molar-refractivity contribution is -0.132. The molecule has 1 aromatic rings. The first-order valence-electron chi connectivity index (χ1n) is 5.20. The predicted octanol–water partition coefficient (Wildman–Crippen LogP) is 0.786. The van der Waals surface area contributed by atoms with Crippen molar-refractivity contribution in [1.82, 2.24) is 0 Å². The van der Waals surface area contributed by atoms with Crippen LogP contribution in [0.25, 0.3) is 0 Å². The van der Waals surface area contributed by atoms with Crippen LogP contribution in [-0.2, 0) is 16.0 Å². The molecule has 0 heterocycles. The molecule has 0 radical (unpaired) electrons. The number of ether oxygens (including phenoxy) is 1. The van der Waals surface area contributed by atoms with Crippen LogP contribution < -0.4 is 5.73 Å². The first-order chi connectivity index (χ1) is 8.03. The Balaban J connectivity index is 2.81. The van der Waals surface area contributed by atoms with Crippen molar-refractivity contribution in [2.45, 2.75) is 18.1 Å². The Bertz CT molecular complexity index is 386. The van der Waals surface area contributed by atoms with Crippen molar-refractivity contribution < 1.29 is 14.6 Å². The second-order valence-electron chi connectivity index (χ2n) is 3.94. The van der Waals surface area contributed by atoms with E-state index in [0.717, 1.165) is 5.56 Å². The van der Waals surface area contributed by atoms with Crippen molar-refractivity contribution in [3.63, 3.8) is 0 Å². The van der Waals surface area contributed by atoms with E-state index in [1.165, 1.54) is 7.11 Å². The van der Waals surface area contributed by atoms with Crippen LogP contribution in [0.15, 0.2) is 24.3 Å². The summed E-state index contributed by atoms with van der Waals surface area (Å²) in [5, 5.41) is 10.5. The molecule has 0 amide bonds. The molecule has 5 heteroatoms. The second-order valence-corrected chi connectivity index (χ2v) is 4.35. The van der Waals surface area contributed by atoms with E-state index in [1.807, 2.05) is 6.07 Å². The van der Waals surface area contributed by atoms with Crippen LogP contribution in [0, 0.1) is 0 Å². The minimum atomic E-state index is -1.69. The fourth-order valence-electron chi connectivity index (χ4n) is 1.54. The number of carbonyl (C=O) groups is 1. The lowest BCUT2D eigenvalue weighted by Gasteiger charge is -2.28. The maximum atomic E-state index is 10.9. The highest BCUT2D eigenvalue weighted by Gasteiger charge is 2.34. The Kier molecular flexibility index (Phi) is 5.08. The van der Waals surface area contributed by atoms with Crippen LogP contribution >= 0.6 is 11.6 Å². The largest absolute Gasteiger partial charge is 0.381 e. The minimum absolute atomic E-state index is 0.137. The van der Waals surface area contributed by atoms with Gasteiger partial charge in [0.05, 0.1) is 6.61 Å². The summed E-state index contributed by atoms with van der Waals surface area (Å²) in [6.45, 7) is -0.137. The van der Waals surface area contributed by atoms with Crippen molar-refractivity contribution in [2.75, 3.05) is 13.7 Å². The van der Waals surface area contributed by atoms with Crippen LogP contribution in [0.3, 0.4) is 0 Å². The van der Waals surface area contributed by atoms with Crippen molar-refractivity contribution in [1.29, 1.82) is 0 Å². The molecule has 0 bridgehead atoms. The zero-order valence-electron chi connectivity index (χ0n) is 9.60. The molecular weight excluding hydrogens is 242 g/mol. The summed E-state index contributed by atoms with van der Waals surface area (Å²) in [4.78, 5) is 10.9. The van der Waals surface area contributed by atoms with E-state index in [2.05, 4.69) is 0 Å². The van der Waals surface area contributed by atoms with Crippen molar-refractivity contribution in [3.8, 4) is 0 Å². The van der Waals surface area contributed by atoms with Crippen molar-refractivity contribution in [2.24, 2.45) is 5.73 Å². The number of carbonyl (C=O) groups excluding carboxylic acids is 1. The van der Waals surface area contributed by atoms with Gasteiger partial charge in [0.25, 0.3) is 0 Å². The van der Waals surface area contributed by atoms with Gasteiger partial charge in [0, 0.05) is 18.2 Å². The minimum Gasteiger partial charge on any atom is -0.381 e. The van der Waals surface area contributed by atoms with E-state index in [4.69, 9.17) is 22.1 Å². The number of nitrogens with two attached hydrogens (primary N) is 1. The van der Waals surface area contributed by atoms with E-state index in [1.54, 1.807) is 18.2 Å². The van der Waals surface area contributed by atoms with Crippen LogP contribution in [0.1, 0.15) is 5.56 Å². The number of rotatable bonds is 6. The first-order valence-corrected chi connectivity index (χ1v) is 5.58. The van der Waals surface area contributed by atoms with Gasteiger partial charge in [0.2, 0.25) is 0 Å². The highest BCUT2D eigenvalue weighted by atomic mass is 35.5. The quantitative estimate of drug-likeness (QED) is 0.739. The fraction of sp³-hybridized carbons (Fsp3) is 0.417. The molecule has 0 fully saturated rings. The Hall–Kier alpha value is -0.940. The average molecular weight is 258 g/mol. The van der Waals surface area contributed by atoms with Crippen molar-refractivity contribution in [3.05, 3.63) is 34.9 Å². The summed E-state index contributed by atoms with van der Waals surface area (Å²) in [5.74, 6) is 0. The van der Waals surface area contributed by atoms with Gasteiger partial charge in [-0.3, -0.25) is 4.79 Å². The van der Waals surface area contributed by atoms with Gasteiger partial charge in [-0.15, -0.1) is 0 Å². The third-order valence-corrected chi connectivity index (χ3v) is 2.99. The Labute approximate surface area is 105 Å². The number of aliphatic hydroxyl groups is 1. The first kappa shape index (κ1) is 14.1. The molecule has 0 aliphatic heterocycles. The maximum Gasteiger partial charge on any atom is 0.158 e. The van der Waals surface area contributed by atoms with Gasteiger partial charge in [0.1, 0.15) is 0 Å². The van der Waals surface area contributed by atoms with Crippen molar-refractivity contribution >= 4 is 17.9 Å². The SMILES string of the molecule is COC[C@](O)(C=O)[C@H](N)Cc1ccccc1Cl. The molecule has 0 unspecified atom stereocenters. The number of hydrogen-bond acceptors (Lipinski definition) is 4. The molecule has 0 aliphatic rings. The van der Waals surface area contributed by atoms with E-state index in [9.17, 15) is 9.90 Å². The van der Waals surface area contributed by atoms with Gasteiger partial charge >= 0.3 is 0 Å². The summed E-state index contributed by atoms with van der Waals surface area (Å²) >= 11 is 5.98. The number of methoxy groups -OCH3 is 1. The molecule has 2 atom stereocenters. The molecule has 3 N–H and O–H groups in total. The lowest BCUT2D eigenvalue weighted by Crippen LogP contribution is -2.53. The number of benzene rings is 1. The zero-order chi connectivity index (χ0) is 12.9. The standard InChI is InChI=1S/C12H16ClNO3/c1-17-8-12(16,7-15)11(14)6-9-4-2-3-5-10(9)13/h2-5,7,11,16H,6,8,14H2,1H3/t11-,12-/m1/s1. The molecular formula is C12H16ClNO3. The van der Waals surface area contributed by atoms with Gasteiger partial charge in [0.15, 0.2) is 11.9 Å². The van der Waals surface area contributed by atoms with Gasteiger partial charge in [-0.1, -0.05) is 29.8 Å². The molecule has 0 aromatic heterocycles. The Morgan fingerprint density at radius 1 is 1.59 bits per heavy atom. The van der Waals surface area contributed by atoms with Crippen LogP contribution in [-0.4, -0.2) is 36.8 Å². The van der Waals surface area contributed by atoms with E-state index >= 15 is 0 Å². The van der Waals surface area contributed by atoms with Crippen LogP contribution in [0.4, 0.5) is 0 Å². The molecule has 17 heavy (non-hydrogen) atoms. The van der Waals surface area contributed by atoms with Crippen LogP contribution in [0.2, 0.25) is 5.02 Å². The summed E-state index contributed by atoms with van der Waals surface area (Å²) in [6.07, 6.45) is 0.719. The molecule has 1 aromatic carbocycles. The molecule has 0 saturated carbocycles. The Morgan fingerprint density at radius 2 is 2.24 bits per heavy atom. The number of aldehydes is 1. The predicted molar refractivity (Wildman–Crippen MR) is 66.0 cm³/mol. The smallest absolute Gasteiger partial charge is 0.158 e. The molecule has 0 saturated heterocycles. The van der Waals surface area contributed by atoms with E-state index in [0.29, 0.717) is 17.7 Å². The maximum absolute atomic E-state index is 10.9. The van der Waals surface area contributed by atoms with E-state index in [-0.39, 0.29) is 6.61 Å². The number of hydrogen-bond donors (Lipinski definition) is 2. The van der Waals surface area contributed by atoms with E-state index < -0.39 is 11.6 Å². The summed E-state index contributed by atoms with van der Waals surface area (Å²) in [6, 6.07) is 6.41. The van der Waals surface area contributed by atoms with Crippen LogP contribution in [0.5, 0.6) is 0 Å². The fourth-order valence-corrected chi connectivity index (χ4v) is 1.75. The molecule has 4 nitrogen and oxygen atoms in total. The summed E-state index contributed by atoms with van der Waals surface area (Å²) in [7, 11) is 1.40. The average Bonchev–Trinajstić information content (AvgIpc) is 2.32. The molecule has 1 rings (SSSR count). The van der Waals surface area contributed by atoms with Gasteiger partial charge < -0.3 is 15.6 Å². The Morgan fingerprint density at radius 3 is 2.76 bits per heavy atom. The number of halogens is 1. The van der Waals surface area contributed by atoms with Gasteiger partial charge in [-0.25, -0.2) is 0 Å². The summed E-state index contributed by atoms with van der Waals surface area (Å²) in [5.41, 5.74) is 4.93. The molecule has 0 spiro atoms. The monoisotopic (exact) mass is 257 g/mol. The lowest BCUT2D eigenvalue weighted by atomic mass is 9.91. The highest BCUT2D eigenvalue weighted by Crippen LogP contribution is 2.19. The van der Waals surface area contributed by atoms with Gasteiger partial charge in [-0.05, 0) is 18.1 Å². The second kappa shape index (κ2) is 6.12. The molecule has 94 valence electrons. The topological polar surface area (TPSA) is 72.5 Å². The normalized spacial score (nSPS) is 16.2. The third kappa shape index (κ3) is 3.51. The molecule has 0 aliphatic carbocycles. The zero-order valence-corrected chi connectivity index (χ0v) is 10.4. The highest BCUT2D eigenvalue weighted by molar-refractivity contribution is 6.31. The summed E-state index contributed by atoms with van der Waals surface area (Å²) < 4.78 is 4.79. The third-order valence-electron chi connectivity index (χ3n) is 2.62.